The highest BCUT2D eigenvalue weighted by Gasteiger charge is 2.44. The Bertz CT molecular complexity index is 575. The van der Waals surface area contributed by atoms with Crippen molar-refractivity contribution in [1.29, 1.82) is 0 Å². The Morgan fingerprint density at radius 2 is 1.71 bits per heavy atom. The maximum Gasteiger partial charge on any atom is 0.214 e. The molecule has 6 nitrogen and oxygen atoms in total. The fourth-order valence-corrected chi connectivity index (χ4v) is 7.67. The molecule has 2 saturated heterocycles. The molecule has 2 heterocycles. The highest BCUT2D eigenvalue weighted by atomic mass is 32.2. The molecule has 0 aromatic rings. The molecule has 0 aromatic carbocycles. The molecular formula is C13H26N2O4S2. The Morgan fingerprint density at radius 3 is 2.19 bits per heavy atom. The zero-order valence-electron chi connectivity index (χ0n) is 13.1. The van der Waals surface area contributed by atoms with Crippen molar-refractivity contribution in [1.82, 2.24) is 9.21 Å². The largest absolute Gasteiger partial charge is 0.306 e. The van der Waals surface area contributed by atoms with Crippen LogP contribution in [0.4, 0.5) is 0 Å². The van der Waals surface area contributed by atoms with Gasteiger partial charge in [0, 0.05) is 12.1 Å². The third-order valence-corrected chi connectivity index (χ3v) is 9.25. The molecule has 124 valence electrons. The second-order valence-corrected chi connectivity index (χ2v) is 11.2. The number of hydrogen-bond acceptors (Lipinski definition) is 5. The van der Waals surface area contributed by atoms with Gasteiger partial charge < -0.3 is 4.90 Å². The van der Waals surface area contributed by atoms with Crippen molar-refractivity contribution in [2.75, 3.05) is 38.2 Å². The van der Waals surface area contributed by atoms with E-state index in [0.29, 0.717) is 25.8 Å². The zero-order chi connectivity index (χ0) is 15.9. The molecule has 0 spiro atoms. The third kappa shape index (κ3) is 3.78. The zero-order valence-corrected chi connectivity index (χ0v) is 14.7. The van der Waals surface area contributed by atoms with Crippen molar-refractivity contribution < 1.29 is 16.8 Å². The van der Waals surface area contributed by atoms with Crippen LogP contribution in [0, 0.1) is 0 Å². The van der Waals surface area contributed by atoms with Gasteiger partial charge in [-0.05, 0) is 53.2 Å². The number of sulfone groups is 1. The van der Waals surface area contributed by atoms with Crippen LogP contribution in [0.5, 0.6) is 0 Å². The summed E-state index contributed by atoms with van der Waals surface area (Å²) in [6, 6.07) is 0. The van der Waals surface area contributed by atoms with Crippen molar-refractivity contribution in [3.8, 4) is 0 Å². The van der Waals surface area contributed by atoms with Gasteiger partial charge in [-0.15, -0.1) is 0 Å². The van der Waals surface area contributed by atoms with Gasteiger partial charge in [0.05, 0.1) is 16.8 Å². The molecule has 8 heteroatoms. The van der Waals surface area contributed by atoms with Crippen LogP contribution in [0.15, 0.2) is 0 Å². The lowest BCUT2D eigenvalue weighted by molar-refractivity contribution is 0.262. The van der Waals surface area contributed by atoms with Gasteiger partial charge in [-0.2, -0.15) is 4.31 Å². The first kappa shape index (κ1) is 17.2. The summed E-state index contributed by atoms with van der Waals surface area (Å²) < 4.78 is 50.7. The predicted octanol–water partition coefficient (Wildman–Crippen LogP) is 0.310. The molecule has 2 aliphatic rings. The first-order valence-electron chi connectivity index (χ1n) is 7.45. The summed E-state index contributed by atoms with van der Waals surface area (Å²) >= 11 is 0. The molecule has 0 saturated carbocycles. The molecule has 0 atom stereocenters. The molecule has 21 heavy (non-hydrogen) atoms. The number of sulfonamides is 1. The summed E-state index contributed by atoms with van der Waals surface area (Å²) in [6.07, 6.45) is 1.86. The van der Waals surface area contributed by atoms with Crippen LogP contribution in [0.2, 0.25) is 0 Å². The quantitative estimate of drug-likeness (QED) is 0.737. The lowest BCUT2D eigenvalue weighted by atomic mass is 10.1. The maximum atomic E-state index is 12.6. The molecule has 0 N–H and O–H groups in total. The van der Waals surface area contributed by atoms with Gasteiger partial charge in [0.25, 0.3) is 0 Å². The summed E-state index contributed by atoms with van der Waals surface area (Å²) in [4.78, 5) is 2.13. The van der Waals surface area contributed by atoms with E-state index in [1.807, 2.05) is 7.05 Å². The standard InChI is InChI=1S/C13H26N2O4S2/c1-13(2,15-7-4-10-21(15,18)19)11-20(16,17)12-5-8-14(3)9-6-12/h12H,4-11H2,1-3H3. The summed E-state index contributed by atoms with van der Waals surface area (Å²) in [7, 11) is -4.59. The molecule has 0 unspecified atom stereocenters. The minimum atomic E-state index is -3.30. The molecule has 0 radical (unpaired) electrons. The molecule has 0 aromatic heterocycles. The molecule has 0 amide bonds. The van der Waals surface area contributed by atoms with Gasteiger partial charge in [-0.1, -0.05) is 0 Å². The van der Waals surface area contributed by atoms with Crippen molar-refractivity contribution in [2.24, 2.45) is 0 Å². The van der Waals surface area contributed by atoms with Crippen molar-refractivity contribution >= 4 is 19.9 Å². The fraction of sp³-hybridized carbons (Fsp3) is 1.00. The van der Waals surface area contributed by atoms with E-state index in [0.717, 1.165) is 13.1 Å². The van der Waals surface area contributed by atoms with Gasteiger partial charge in [0.2, 0.25) is 10.0 Å². The Kier molecular flexibility index (Phi) is 4.74. The first-order chi connectivity index (χ1) is 9.55. The lowest BCUT2D eigenvalue weighted by Crippen LogP contribution is -2.51. The van der Waals surface area contributed by atoms with E-state index < -0.39 is 25.4 Å². The van der Waals surface area contributed by atoms with Gasteiger partial charge in [0.1, 0.15) is 0 Å². The highest BCUT2D eigenvalue weighted by Crippen LogP contribution is 2.29. The normalized spacial score (nSPS) is 26.2. The van der Waals surface area contributed by atoms with Gasteiger partial charge in [0.15, 0.2) is 9.84 Å². The number of nitrogens with zero attached hydrogens (tertiary/aromatic N) is 2. The van der Waals surface area contributed by atoms with Gasteiger partial charge in [-0.3, -0.25) is 0 Å². The van der Waals surface area contributed by atoms with E-state index in [2.05, 4.69) is 4.90 Å². The number of piperidine rings is 1. The fourth-order valence-electron chi connectivity index (χ4n) is 3.35. The minimum Gasteiger partial charge on any atom is -0.306 e. The van der Waals surface area contributed by atoms with Crippen LogP contribution < -0.4 is 0 Å². The molecule has 2 fully saturated rings. The monoisotopic (exact) mass is 338 g/mol. The topological polar surface area (TPSA) is 74.8 Å². The van der Waals surface area contributed by atoms with Gasteiger partial charge >= 0.3 is 0 Å². The van der Waals surface area contributed by atoms with E-state index in [1.165, 1.54) is 4.31 Å². The Balaban J connectivity index is 2.12. The van der Waals surface area contributed by atoms with Gasteiger partial charge in [-0.25, -0.2) is 16.8 Å². The molecule has 2 rings (SSSR count). The number of likely N-dealkylation sites (tertiary alicyclic amines) is 1. The molecular weight excluding hydrogens is 312 g/mol. The van der Waals surface area contributed by atoms with Crippen LogP contribution in [0.3, 0.4) is 0 Å². The molecule has 2 aliphatic heterocycles. The lowest BCUT2D eigenvalue weighted by Gasteiger charge is -2.36. The Labute approximate surface area is 128 Å². The first-order valence-corrected chi connectivity index (χ1v) is 10.8. The second kappa shape index (κ2) is 5.79. The maximum absolute atomic E-state index is 12.6. The Hall–Kier alpha value is -0.180. The third-order valence-electron chi connectivity index (χ3n) is 4.50. The Morgan fingerprint density at radius 1 is 1.14 bits per heavy atom. The van der Waals surface area contributed by atoms with E-state index in [4.69, 9.17) is 0 Å². The summed E-state index contributed by atoms with van der Waals surface area (Å²) in [5.74, 6) is 0.0400. The van der Waals surface area contributed by atoms with Crippen molar-refractivity contribution in [3.05, 3.63) is 0 Å². The number of hydrogen-bond donors (Lipinski definition) is 0. The summed E-state index contributed by atoms with van der Waals surface area (Å²) in [6.45, 7) is 5.45. The van der Waals surface area contributed by atoms with Crippen LogP contribution in [0.1, 0.15) is 33.1 Å². The SMILES string of the molecule is CN1CCC(S(=O)(=O)CC(C)(C)N2CCCS2(=O)=O)CC1. The average Bonchev–Trinajstić information content (AvgIpc) is 2.69. The summed E-state index contributed by atoms with van der Waals surface area (Å²) in [5.41, 5.74) is -0.864. The number of rotatable bonds is 4. The highest BCUT2D eigenvalue weighted by molar-refractivity contribution is 7.92. The van der Waals surface area contributed by atoms with Crippen LogP contribution in [0.25, 0.3) is 0 Å². The smallest absolute Gasteiger partial charge is 0.214 e. The van der Waals surface area contributed by atoms with Crippen LogP contribution in [-0.4, -0.2) is 75.0 Å². The van der Waals surface area contributed by atoms with E-state index in [9.17, 15) is 16.8 Å². The minimum absolute atomic E-state index is 0.0897. The van der Waals surface area contributed by atoms with E-state index in [1.54, 1.807) is 13.8 Å². The summed E-state index contributed by atoms with van der Waals surface area (Å²) in [5, 5.41) is -0.335. The van der Waals surface area contributed by atoms with Crippen molar-refractivity contribution in [2.45, 2.75) is 43.9 Å². The molecule has 0 bridgehead atoms. The van der Waals surface area contributed by atoms with Crippen LogP contribution >= 0.6 is 0 Å². The van der Waals surface area contributed by atoms with Crippen LogP contribution in [-0.2, 0) is 19.9 Å². The van der Waals surface area contributed by atoms with E-state index in [-0.39, 0.29) is 16.8 Å². The second-order valence-electron chi connectivity index (χ2n) is 6.86. The van der Waals surface area contributed by atoms with Crippen molar-refractivity contribution in [3.63, 3.8) is 0 Å². The van der Waals surface area contributed by atoms with E-state index >= 15 is 0 Å². The average molecular weight is 338 g/mol. The molecule has 0 aliphatic carbocycles. The predicted molar refractivity (Wildman–Crippen MR) is 83.5 cm³/mol.